The van der Waals surface area contributed by atoms with Crippen LogP contribution in [-0.2, 0) is 6.42 Å². The zero-order valence-electron chi connectivity index (χ0n) is 16.8. The number of benzene rings is 2. The van der Waals surface area contributed by atoms with Gasteiger partial charge in [0, 0.05) is 11.1 Å². The van der Waals surface area contributed by atoms with Crippen molar-refractivity contribution in [1.29, 1.82) is 0 Å². The molecule has 1 atom stereocenters. The Bertz CT molecular complexity index is 1140. The third-order valence-electron chi connectivity index (χ3n) is 5.67. The zero-order valence-corrected chi connectivity index (χ0v) is 16.8. The van der Waals surface area contributed by atoms with Crippen molar-refractivity contribution in [2.45, 2.75) is 32.7 Å². The van der Waals surface area contributed by atoms with Gasteiger partial charge in [-0.1, -0.05) is 19.9 Å². The fraction of sp³-hybridized carbons (Fsp3) is 0.304. The van der Waals surface area contributed by atoms with Gasteiger partial charge in [0.05, 0.1) is 23.6 Å². The molecule has 3 aromatic rings. The topological polar surface area (TPSA) is 65.4 Å². The molecule has 1 N–H and O–H groups in total. The van der Waals surface area contributed by atoms with Crippen molar-refractivity contribution in [3.8, 4) is 17.2 Å². The lowest BCUT2D eigenvalue weighted by atomic mass is 9.74. The van der Waals surface area contributed by atoms with E-state index in [-0.39, 0.29) is 30.0 Å². The summed E-state index contributed by atoms with van der Waals surface area (Å²) in [6.45, 7) is 4.50. The Morgan fingerprint density at radius 3 is 2.87 bits per heavy atom. The lowest BCUT2D eigenvalue weighted by molar-refractivity contribution is 0.0918. The molecule has 2 heterocycles. The number of ether oxygens (including phenoxy) is 2. The van der Waals surface area contributed by atoms with Crippen LogP contribution in [0, 0.1) is 11.2 Å². The molecule has 5 rings (SSSR count). The number of aromatic nitrogens is 2. The average molecular weight is 407 g/mol. The van der Waals surface area contributed by atoms with Gasteiger partial charge in [0.25, 0.3) is 5.91 Å². The number of fused-ring (bicyclic) bond motifs is 2. The van der Waals surface area contributed by atoms with E-state index in [1.807, 2.05) is 6.07 Å². The maximum atomic E-state index is 13.8. The van der Waals surface area contributed by atoms with Crippen LogP contribution in [0.5, 0.6) is 11.5 Å². The average Bonchev–Trinajstić information content (AvgIpc) is 3.33. The first-order chi connectivity index (χ1) is 14.4. The van der Waals surface area contributed by atoms with Crippen molar-refractivity contribution in [3.63, 3.8) is 0 Å². The summed E-state index contributed by atoms with van der Waals surface area (Å²) in [6.07, 6.45) is 3.35. The van der Waals surface area contributed by atoms with Crippen LogP contribution >= 0.6 is 0 Å². The van der Waals surface area contributed by atoms with Crippen molar-refractivity contribution < 1.29 is 18.7 Å². The molecule has 6 nitrogen and oxygen atoms in total. The Balaban J connectivity index is 1.46. The van der Waals surface area contributed by atoms with E-state index in [4.69, 9.17) is 9.47 Å². The molecule has 1 amide bonds. The minimum Gasteiger partial charge on any atom is -0.454 e. The van der Waals surface area contributed by atoms with E-state index in [1.165, 1.54) is 12.1 Å². The SMILES string of the molecule is CC1(C)Cc2c(cnn2-c2cccc(F)c2)[C@H](NC(=O)c2ccc3c(c2)OCO3)C1. The number of nitrogens with zero attached hydrogens (tertiary/aromatic N) is 2. The van der Waals surface area contributed by atoms with Crippen molar-refractivity contribution in [1.82, 2.24) is 15.1 Å². The predicted molar refractivity (Wildman–Crippen MR) is 108 cm³/mol. The Morgan fingerprint density at radius 2 is 2.03 bits per heavy atom. The van der Waals surface area contributed by atoms with E-state index in [9.17, 15) is 9.18 Å². The number of halogens is 1. The first kappa shape index (κ1) is 18.7. The first-order valence-electron chi connectivity index (χ1n) is 9.93. The third-order valence-corrected chi connectivity index (χ3v) is 5.67. The standard InChI is InChI=1S/C23H22FN3O3/c1-23(2)10-18(26-22(28)14-6-7-20-21(8-14)30-13-29-20)17-12-25-27(19(17)11-23)16-5-3-4-15(24)9-16/h3-9,12,18H,10-11,13H2,1-2H3,(H,26,28)/t18-/m1/s1. The van der Waals surface area contributed by atoms with Crippen molar-refractivity contribution >= 4 is 5.91 Å². The van der Waals surface area contributed by atoms with Gasteiger partial charge in [-0.15, -0.1) is 0 Å². The number of carbonyl (C=O) groups is 1. The summed E-state index contributed by atoms with van der Waals surface area (Å²) in [7, 11) is 0. The third kappa shape index (κ3) is 3.30. The quantitative estimate of drug-likeness (QED) is 0.707. The molecular weight excluding hydrogens is 385 g/mol. The van der Waals surface area contributed by atoms with Crippen LogP contribution in [0.25, 0.3) is 5.69 Å². The van der Waals surface area contributed by atoms with Crippen molar-refractivity contribution in [2.75, 3.05) is 6.79 Å². The minimum absolute atomic E-state index is 0.0507. The Labute approximate surface area is 173 Å². The van der Waals surface area contributed by atoms with Crippen molar-refractivity contribution in [3.05, 3.63) is 71.3 Å². The van der Waals surface area contributed by atoms with E-state index in [0.717, 1.165) is 24.1 Å². The number of amides is 1. The second-order valence-electron chi connectivity index (χ2n) is 8.58. The molecule has 2 aliphatic rings. The molecule has 0 saturated heterocycles. The number of hydrogen-bond acceptors (Lipinski definition) is 4. The van der Waals surface area contributed by atoms with E-state index < -0.39 is 0 Å². The fourth-order valence-corrected chi connectivity index (χ4v) is 4.28. The maximum Gasteiger partial charge on any atom is 0.251 e. The smallest absolute Gasteiger partial charge is 0.251 e. The summed E-state index contributed by atoms with van der Waals surface area (Å²) in [5.41, 5.74) is 3.10. The van der Waals surface area contributed by atoms with Crippen LogP contribution in [0.2, 0.25) is 0 Å². The highest BCUT2D eigenvalue weighted by Crippen LogP contribution is 2.41. The summed E-state index contributed by atoms with van der Waals surface area (Å²) in [5, 5.41) is 7.67. The normalized spacial score (nSPS) is 18.7. The molecule has 1 aliphatic carbocycles. The van der Waals surface area contributed by atoms with E-state index in [0.29, 0.717) is 22.7 Å². The number of rotatable bonds is 3. The molecule has 30 heavy (non-hydrogen) atoms. The monoisotopic (exact) mass is 407 g/mol. The molecule has 0 fully saturated rings. The van der Waals surface area contributed by atoms with E-state index in [2.05, 4.69) is 24.3 Å². The molecule has 0 unspecified atom stereocenters. The molecule has 154 valence electrons. The van der Waals surface area contributed by atoms with Gasteiger partial charge in [-0.05, 0) is 54.7 Å². The molecule has 7 heteroatoms. The first-order valence-corrected chi connectivity index (χ1v) is 9.93. The molecule has 0 bridgehead atoms. The van der Waals surface area contributed by atoms with Crippen LogP contribution in [0.3, 0.4) is 0 Å². The molecule has 1 aromatic heterocycles. The summed E-state index contributed by atoms with van der Waals surface area (Å²) >= 11 is 0. The summed E-state index contributed by atoms with van der Waals surface area (Å²) in [6, 6.07) is 11.4. The Hall–Kier alpha value is -3.35. The second-order valence-corrected chi connectivity index (χ2v) is 8.58. The maximum absolute atomic E-state index is 13.8. The van der Waals surface area contributed by atoms with E-state index >= 15 is 0 Å². The molecular formula is C23H22FN3O3. The lowest BCUT2D eigenvalue weighted by Gasteiger charge is -2.36. The molecule has 0 saturated carbocycles. The van der Waals surface area contributed by atoms with Gasteiger partial charge in [0.2, 0.25) is 6.79 Å². The van der Waals surface area contributed by atoms with E-state index in [1.54, 1.807) is 35.1 Å². The second kappa shape index (κ2) is 6.86. The molecule has 2 aromatic carbocycles. The summed E-state index contributed by atoms with van der Waals surface area (Å²) in [4.78, 5) is 13.0. The zero-order chi connectivity index (χ0) is 20.9. The molecule has 0 radical (unpaired) electrons. The van der Waals surface area contributed by atoms with Crippen LogP contribution in [0.15, 0.2) is 48.7 Å². The Morgan fingerprint density at radius 1 is 1.20 bits per heavy atom. The van der Waals surface area contributed by atoms with Gasteiger partial charge in [0.1, 0.15) is 5.82 Å². The van der Waals surface area contributed by atoms with Gasteiger partial charge in [0.15, 0.2) is 11.5 Å². The van der Waals surface area contributed by atoms with Gasteiger partial charge in [-0.3, -0.25) is 4.79 Å². The number of hydrogen-bond donors (Lipinski definition) is 1. The predicted octanol–water partition coefficient (Wildman–Crippen LogP) is 4.18. The lowest BCUT2D eigenvalue weighted by Crippen LogP contribution is -2.36. The van der Waals surface area contributed by atoms with Crippen molar-refractivity contribution in [2.24, 2.45) is 5.41 Å². The van der Waals surface area contributed by atoms with Crippen LogP contribution in [0.1, 0.15) is 47.9 Å². The highest BCUT2D eigenvalue weighted by molar-refractivity contribution is 5.95. The van der Waals surface area contributed by atoms with Gasteiger partial charge >= 0.3 is 0 Å². The molecule has 0 spiro atoms. The van der Waals surface area contributed by atoms with Gasteiger partial charge in [-0.25, -0.2) is 9.07 Å². The summed E-state index contributed by atoms with van der Waals surface area (Å²) < 4.78 is 26.2. The largest absolute Gasteiger partial charge is 0.454 e. The fourth-order valence-electron chi connectivity index (χ4n) is 4.28. The highest BCUT2D eigenvalue weighted by atomic mass is 19.1. The molecule has 1 aliphatic heterocycles. The van der Waals surface area contributed by atoms with Gasteiger partial charge < -0.3 is 14.8 Å². The van der Waals surface area contributed by atoms with Crippen LogP contribution in [-0.4, -0.2) is 22.5 Å². The number of carbonyl (C=O) groups excluding carboxylic acids is 1. The Kier molecular flexibility index (Phi) is 4.27. The number of nitrogens with one attached hydrogen (secondary N) is 1. The minimum atomic E-state index is -0.306. The van der Waals surface area contributed by atoms with Crippen LogP contribution in [0.4, 0.5) is 4.39 Å². The highest BCUT2D eigenvalue weighted by Gasteiger charge is 2.36. The van der Waals surface area contributed by atoms with Gasteiger partial charge in [-0.2, -0.15) is 5.10 Å². The van der Waals surface area contributed by atoms with Crippen LogP contribution < -0.4 is 14.8 Å². The summed E-state index contributed by atoms with van der Waals surface area (Å²) in [5.74, 6) is 0.732.